The lowest BCUT2D eigenvalue weighted by molar-refractivity contribution is -0.933. The van der Waals surface area contributed by atoms with E-state index in [2.05, 4.69) is 26.0 Å². The zero-order chi connectivity index (χ0) is 22.2. The highest BCUT2D eigenvalue weighted by Gasteiger charge is 2.38. The summed E-state index contributed by atoms with van der Waals surface area (Å²) >= 11 is 5.97. The van der Waals surface area contributed by atoms with Crippen molar-refractivity contribution in [2.45, 2.75) is 39.0 Å². The van der Waals surface area contributed by atoms with E-state index in [4.69, 9.17) is 37.8 Å². The first-order valence-electron chi connectivity index (χ1n) is 9.61. The number of hydrogen-bond acceptors (Lipinski definition) is 5. The van der Waals surface area contributed by atoms with E-state index in [0.29, 0.717) is 5.92 Å². The minimum absolute atomic E-state index is 0.700. The molecular weight excluding hydrogens is 400 g/mol. The van der Waals surface area contributed by atoms with Crippen LogP contribution in [0.15, 0.2) is 24.3 Å². The largest absolute Gasteiger partial charge is 0.479 e. The summed E-state index contributed by atoms with van der Waals surface area (Å²) in [5.41, 5.74) is 7.26. The Kier molecular flexibility index (Phi) is 10.0. The van der Waals surface area contributed by atoms with Crippen molar-refractivity contribution < 1.29 is 34.5 Å². The molecule has 3 unspecified atom stereocenters. The second-order valence-corrected chi connectivity index (χ2v) is 8.50. The van der Waals surface area contributed by atoms with E-state index < -0.39 is 24.1 Å². The highest BCUT2D eigenvalue weighted by molar-refractivity contribution is 6.30. The molecule has 0 amide bonds. The van der Waals surface area contributed by atoms with Gasteiger partial charge in [0.25, 0.3) is 0 Å². The Morgan fingerprint density at radius 1 is 1.14 bits per heavy atom. The first kappa shape index (κ1) is 25.3. The highest BCUT2D eigenvalue weighted by atomic mass is 35.5. The second kappa shape index (κ2) is 11.5. The number of nitrogens with zero attached hydrogens (tertiary/aromatic N) is 1. The summed E-state index contributed by atoms with van der Waals surface area (Å²) in [7, 11) is 0. The van der Waals surface area contributed by atoms with Crippen LogP contribution < -0.4 is 5.73 Å². The molecule has 0 aromatic heterocycles. The molecule has 9 heteroatoms. The monoisotopic (exact) mass is 431 g/mol. The van der Waals surface area contributed by atoms with Crippen LogP contribution in [0.3, 0.4) is 0 Å². The maximum absolute atomic E-state index is 9.77. The molecule has 0 bridgehead atoms. The van der Waals surface area contributed by atoms with E-state index in [1.165, 1.54) is 36.1 Å². The number of carbonyl (C=O) groups is 2. The van der Waals surface area contributed by atoms with Crippen LogP contribution in [0.1, 0.15) is 25.8 Å². The fourth-order valence-electron chi connectivity index (χ4n) is 3.77. The van der Waals surface area contributed by atoms with Gasteiger partial charge >= 0.3 is 11.9 Å². The van der Waals surface area contributed by atoms with Crippen LogP contribution in [-0.2, 0) is 16.1 Å². The molecule has 1 fully saturated rings. The number of aliphatic carboxylic acids is 2. The Hall–Kier alpha value is -1.71. The molecule has 0 spiro atoms. The second-order valence-electron chi connectivity index (χ2n) is 8.07. The van der Waals surface area contributed by atoms with E-state index in [9.17, 15) is 9.59 Å². The number of halogens is 1. The normalized spacial score (nSPS) is 23.2. The minimum Gasteiger partial charge on any atom is -0.479 e. The smallest absolute Gasteiger partial charge is 0.335 e. The summed E-state index contributed by atoms with van der Waals surface area (Å²) < 4.78 is 1.20. The number of aliphatic hydroxyl groups excluding tert-OH is 2. The van der Waals surface area contributed by atoms with E-state index in [1.807, 2.05) is 12.1 Å². The van der Waals surface area contributed by atoms with Crippen molar-refractivity contribution in [3.8, 4) is 0 Å². The Balaban J connectivity index is 0.000000359. The predicted molar refractivity (Wildman–Crippen MR) is 109 cm³/mol. The molecule has 1 aliphatic rings. The van der Waals surface area contributed by atoms with Crippen molar-refractivity contribution in [3.63, 3.8) is 0 Å². The average Bonchev–Trinajstić information content (AvgIpc) is 3.04. The Bertz CT molecular complexity index is 651. The quantitative estimate of drug-likeness (QED) is 0.389. The lowest BCUT2D eigenvalue weighted by atomic mass is 10.1. The molecule has 1 aliphatic heterocycles. The maximum Gasteiger partial charge on any atom is 0.335 e. The number of carboxylic acid groups (broad SMARTS) is 2. The SMILES string of the molecule is CC(C)C[N+]1(Cc2ccc(Cl)cc2)CC[C@H](CN)C1.O=C(O)C(O)C(O)C(=O)O. The fourth-order valence-corrected chi connectivity index (χ4v) is 3.90. The van der Waals surface area contributed by atoms with Crippen LogP contribution in [0.5, 0.6) is 0 Å². The molecule has 1 saturated heterocycles. The lowest BCUT2D eigenvalue weighted by Gasteiger charge is -2.36. The predicted octanol–water partition coefficient (Wildman–Crippen LogP) is 1.17. The van der Waals surface area contributed by atoms with Gasteiger partial charge in [0.15, 0.2) is 12.2 Å². The third-order valence-corrected chi connectivity index (χ3v) is 5.23. The summed E-state index contributed by atoms with van der Waals surface area (Å²) in [6.45, 7) is 10.3. The number of likely N-dealkylation sites (tertiary alicyclic amines) is 1. The van der Waals surface area contributed by atoms with E-state index in [0.717, 1.165) is 24.0 Å². The summed E-state index contributed by atoms with van der Waals surface area (Å²) in [6, 6.07) is 8.33. The summed E-state index contributed by atoms with van der Waals surface area (Å²) in [5, 5.41) is 33.3. The Labute approximate surface area is 176 Å². The van der Waals surface area contributed by atoms with Gasteiger partial charge in [0.1, 0.15) is 6.54 Å². The molecule has 0 aliphatic carbocycles. The molecule has 0 saturated carbocycles. The van der Waals surface area contributed by atoms with Crippen LogP contribution in [-0.4, -0.2) is 75.2 Å². The molecule has 8 nitrogen and oxygen atoms in total. The molecule has 1 aromatic carbocycles. The number of carboxylic acids is 2. The zero-order valence-electron chi connectivity index (χ0n) is 16.9. The van der Waals surface area contributed by atoms with Gasteiger partial charge in [-0.1, -0.05) is 37.6 Å². The lowest BCUT2D eigenvalue weighted by Crippen LogP contribution is -2.48. The summed E-state index contributed by atoms with van der Waals surface area (Å²) in [4.78, 5) is 19.5. The van der Waals surface area contributed by atoms with Gasteiger partial charge < -0.3 is 30.6 Å². The van der Waals surface area contributed by atoms with E-state index in [-0.39, 0.29) is 0 Å². The summed E-state index contributed by atoms with van der Waals surface area (Å²) in [6.07, 6.45) is -3.26. The minimum atomic E-state index is -2.27. The number of aliphatic hydroxyl groups is 2. The van der Waals surface area contributed by atoms with Gasteiger partial charge in [-0.3, -0.25) is 0 Å². The standard InChI is InChI=1S/C16H26ClN2.C4H6O6/c1-13(2)10-19(8-7-15(9-18)12-19)11-14-3-5-16(17)6-4-14;5-1(3(7)8)2(6)4(9)10/h3-6,13,15H,7-12,18H2,1-2H3;1-2,5-6H,(H,7,8)(H,9,10)/q+1;/t15-,19?;/m1./s1. The van der Waals surface area contributed by atoms with Gasteiger partial charge in [0.05, 0.1) is 19.6 Å². The van der Waals surface area contributed by atoms with Crippen molar-refractivity contribution in [1.29, 1.82) is 0 Å². The average molecular weight is 432 g/mol. The Morgan fingerprint density at radius 3 is 2.03 bits per heavy atom. The zero-order valence-corrected chi connectivity index (χ0v) is 17.6. The van der Waals surface area contributed by atoms with Gasteiger partial charge in [-0.25, -0.2) is 9.59 Å². The molecule has 0 radical (unpaired) electrons. The number of rotatable bonds is 8. The van der Waals surface area contributed by atoms with Crippen molar-refractivity contribution >= 4 is 23.5 Å². The Morgan fingerprint density at radius 2 is 1.66 bits per heavy atom. The van der Waals surface area contributed by atoms with Crippen molar-refractivity contribution in [1.82, 2.24) is 0 Å². The first-order valence-corrected chi connectivity index (χ1v) is 9.99. The van der Waals surface area contributed by atoms with E-state index >= 15 is 0 Å². The molecule has 2 rings (SSSR count). The molecule has 29 heavy (non-hydrogen) atoms. The van der Waals surface area contributed by atoms with Gasteiger partial charge in [0, 0.05) is 35.4 Å². The third kappa shape index (κ3) is 8.28. The molecular formula is C20H32ClN2O6+. The van der Waals surface area contributed by atoms with Gasteiger partial charge in [-0.2, -0.15) is 0 Å². The number of benzene rings is 1. The molecule has 1 heterocycles. The third-order valence-electron chi connectivity index (χ3n) is 4.98. The molecule has 4 atom stereocenters. The molecule has 6 N–H and O–H groups in total. The van der Waals surface area contributed by atoms with Crippen molar-refractivity contribution in [3.05, 3.63) is 34.9 Å². The number of quaternary nitrogens is 1. The van der Waals surface area contributed by atoms with E-state index in [1.54, 1.807) is 0 Å². The van der Waals surface area contributed by atoms with Crippen LogP contribution in [0.2, 0.25) is 5.02 Å². The number of hydrogen-bond donors (Lipinski definition) is 5. The van der Waals surface area contributed by atoms with Crippen LogP contribution in [0, 0.1) is 11.8 Å². The molecule has 1 aromatic rings. The fraction of sp³-hybridized carbons (Fsp3) is 0.600. The van der Waals surface area contributed by atoms with Gasteiger partial charge in [-0.15, -0.1) is 0 Å². The maximum atomic E-state index is 9.77. The van der Waals surface area contributed by atoms with Crippen LogP contribution in [0.25, 0.3) is 0 Å². The van der Waals surface area contributed by atoms with Gasteiger partial charge in [0.2, 0.25) is 0 Å². The highest BCUT2D eigenvalue weighted by Crippen LogP contribution is 2.29. The first-order chi connectivity index (χ1) is 13.5. The molecule has 164 valence electrons. The van der Waals surface area contributed by atoms with Crippen molar-refractivity contribution in [2.75, 3.05) is 26.2 Å². The number of nitrogens with two attached hydrogens (primary N) is 1. The van der Waals surface area contributed by atoms with Crippen molar-refractivity contribution in [2.24, 2.45) is 17.6 Å². The van der Waals surface area contributed by atoms with Gasteiger partial charge in [-0.05, 0) is 12.1 Å². The topological polar surface area (TPSA) is 141 Å². The van der Waals surface area contributed by atoms with Crippen LogP contribution >= 0.6 is 11.6 Å². The van der Waals surface area contributed by atoms with Crippen LogP contribution in [0.4, 0.5) is 0 Å². The summed E-state index contributed by atoms with van der Waals surface area (Å²) in [5.74, 6) is -2.11.